The van der Waals surface area contributed by atoms with Gasteiger partial charge < -0.3 is 15.2 Å². The third kappa shape index (κ3) is 2.10. The Morgan fingerprint density at radius 3 is 1.23 bits per heavy atom. The van der Waals surface area contributed by atoms with E-state index in [1.165, 1.54) is 0 Å². The van der Waals surface area contributed by atoms with Crippen LogP contribution in [0.3, 0.4) is 0 Å². The topological polar surface area (TPSA) is 39.9 Å². The van der Waals surface area contributed by atoms with Crippen molar-refractivity contribution in [3.05, 3.63) is 11.6 Å². The Balaban J connectivity index is 3.01. The molecule has 0 spiro atoms. The molecule has 9 heteroatoms. The molecule has 1 heterocycles. The van der Waals surface area contributed by atoms with Gasteiger partial charge in [0, 0.05) is 0 Å². The lowest BCUT2D eigenvalue weighted by Gasteiger charge is -2.06. The summed E-state index contributed by atoms with van der Waals surface area (Å²) in [5.74, 6) is -3.78. The van der Waals surface area contributed by atoms with Gasteiger partial charge in [0.05, 0.1) is 11.6 Å². The Bertz CT molecular complexity index is 267. The van der Waals surface area contributed by atoms with Crippen molar-refractivity contribution in [1.29, 1.82) is 0 Å². The Labute approximate surface area is 66.8 Å². The predicted molar refractivity (Wildman–Crippen MR) is 25.4 cm³/mol. The van der Waals surface area contributed by atoms with E-state index in [1.807, 2.05) is 0 Å². The molecule has 3 nitrogen and oxygen atoms in total. The number of nitrogens with zero attached hydrogens (tertiary/aromatic N) is 3. The van der Waals surface area contributed by atoms with Crippen molar-refractivity contribution >= 4 is 0 Å². The molecule has 0 amide bonds. The summed E-state index contributed by atoms with van der Waals surface area (Å²) in [7, 11) is 0. The summed E-state index contributed by atoms with van der Waals surface area (Å²) in [5.41, 5.74) is 0. The van der Waals surface area contributed by atoms with Crippen LogP contribution < -0.4 is 4.98 Å². The summed E-state index contributed by atoms with van der Waals surface area (Å²) >= 11 is 0. The number of hydrogen-bond acceptors (Lipinski definition) is 2. The maximum Gasteiger partial charge on any atom is 0.421 e. The number of rotatable bonds is 0. The average Bonchev–Trinajstić information content (AvgIpc) is 2.28. The Morgan fingerprint density at radius 1 is 0.769 bits per heavy atom. The summed E-state index contributed by atoms with van der Waals surface area (Å²) in [6.45, 7) is 0. The first-order chi connectivity index (χ1) is 5.71. The molecule has 0 saturated heterocycles. The largest absolute Gasteiger partial charge is 0.421 e. The molecule has 13 heavy (non-hydrogen) atoms. The molecule has 0 aliphatic rings. The van der Waals surface area contributed by atoms with Crippen LogP contribution in [0.15, 0.2) is 0 Å². The maximum atomic E-state index is 11.7. The molecule has 1 aromatic rings. The van der Waals surface area contributed by atoms with E-state index in [0.717, 1.165) is 0 Å². The zero-order valence-electron chi connectivity index (χ0n) is 5.61. The zero-order chi connectivity index (χ0) is 10.3. The van der Waals surface area contributed by atoms with Gasteiger partial charge in [0.25, 0.3) is 0 Å². The van der Waals surface area contributed by atoms with Crippen LogP contribution in [-0.2, 0) is 12.4 Å². The van der Waals surface area contributed by atoms with Crippen LogP contribution in [0.4, 0.5) is 26.3 Å². The van der Waals surface area contributed by atoms with Crippen LogP contribution in [0.1, 0.15) is 11.6 Å². The first-order valence-electron chi connectivity index (χ1n) is 2.73. The lowest BCUT2D eigenvalue weighted by Crippen LogP contribution is -2.12. The first-order valence-corrected chi connectivity index (χ1v) is 2.73. The SMILES string of the molecule is FC(F)(F)c1nnc(C(F)(F)F)[n-]1. The van der Waals surface area contributed by atoms with Crippen LogP contribution in [0.5, 0.6) is 0 Å². The third-order valence-corrected chi connectivity index (χ3v) is 0.958. The quantitative estimate of drug-likeness (QED) is 0.600. The average molecular weight is 204 g/mol. The van der Waals surface area contributed by atoms with E-state index in [9.17, 15) is 26.3 Å². The van der Waals surface area contributed by atoms with E-state index in [1.54, 1.807) is 0 Å². The van der Waals surface area contributed by atoms with Gasteiger partial charge >= 0.3 is 12.4 Å². The van der Waals surface area contributed by atoms with Gasteiger partial charge in [0.1, 0.15) is 0 Å². The predicted octanol–water partition coefficient (Wildman–Crippen LogP) is 1.47. The standard InChI is InChI=1S/C4F6N3/c5-3(6,7)1-11-2(13-12-1)4(8,9)10/q-1. The minimum atomic E-state index is -5.00. The van der Waals surface area contributed by atoms with Crippen molar-refractivity contribution in [2.45, 2.75) is 12.4 Å². The molecular weight excluding hydrogens is 204 g/mol. The number of aromatic nitrogens is 3. The second-order valence-electron chi connectivity index (χ2n) is 1.95. The third-order valence-electron chi connectivity index (χ3n) is 0.958. The Morgan fingerprint density at radius 2 is 1.08 bits per heavy atom. The van der Waals surface area contributed by atoms with Gasteiger partial charge in [0.15, 0.2) is 0 Å². The minimum absolute atomic E-state index is 1.89. The van der Waals surface area contributed by atoms with Crippen LogP contribution >= 0.6 is 0 Å². The maximum absolute atomic E-state index is 11.7. The second-order valence-corrected chi connectivity index (χ2v) is 1.95. The number of alkyl halides is 6. The van der Waals surface area contributed by atoms with Crippen LogP contribution in [0.2, 0.25) is 0 Å². The molecule has 0 aromatic carbocycles. The highest BCUT2D eigenvalue weighted by Crippen LogP contribution is 2.29. The van der Waals surface area contributed by atoms with Crippen LogP contribution in [0, 0.1) is 0 Å². The monoisotopic (exact) mass is 204 g/mol. The van der Waals surface area contributed by atoms with Gasteiger partial charge in [-0.3, -0.25) is 0 Å². The Hall–Kier alpha value is -1.28. The van der Waals surface area contributed by atoms with E-state index in [-0.39, 0.29) is 0 Å². The van der Waals surface area contributed by atoms with Gasteiger partial charge in [-0.25, -0.2) is 0 Å². The van der Waals surface area contributed by atoms with Crippen molar-refractivity contribution in [2.24, 2.45) is 0 Å². The van der Waals surface area contributed by atoms with Gasteiger partial charge in [0.2, 0.25) is 0 Å². The fraction of sp³-hybridized carbons (Fsp3) is 0.500. The van der Waals surface area contributed by atoms with Gasteiger partial charge in [-0.1, -0.05) is 0 Å². The fourth-order valence-corrected chi connectivity index (χ4v) is 0.480. The van der Waals surface area contributed by atoms with E-state index in [2.05, 4.69) is 15.2 Å². The van der Waals surface area contributed by atoms with Crippen molar-refractivity contribution in [3.8, 4) is 0 Å². The molecule has 0 atom stereocenters. The second kappa shape index (κ2) is 2.60. The van der Waals surface area contributed by atoms with Crippen LogP contribution in [0.25, 0.3) is 0 Å². The van der Waals surface area contributed by atoms with E-state index < -0.39 is 24.0 Å². The van der Waals surface area contributed by atoms with Crippen molar-refractivity contribution in [1.82, 2.24) is 15.2 Å². The Kier molecular flexibility index (Phi) is 1.96. The summed E-state index contributed by atoms with van der Waals surface area (Å²) in [6.07, 6.45) is -10.0. The zero-order valence-corrected chi connectivity index (χ0v) is 5.61. The van der Waals surface area contributed by atoms with Crippen molar-refractivity contribution in [3.63, 3.8) is 0 Å². The van der Waals surface area contributed by atoms with E-state index in [0.29, 0.717) is 0 Å². The fourth-order valence-electron chi connectivity index (χ4n) is 0.480. The minimum Gasteiger partial charge on any atom is -0.351 e. The van der Waals surface area contributed by atoms with Crippen molar-refractivity contribution < 1.29 is 26.3 Å². The molecule has 0 saturated carbocycles. The summed E-state index contributed by atoms with van der Waals surface area (Å²) in [4.78, 5) is 2.18. The summed E-state index contributed by atoms with van der Waals surface area (Å²) in [6, 6.07) is 0. The highest BCUT2D eigenvalue weighted by Gasteiger charge is 2.35. The molecule has 74 valence electrons. The molecule has 0 unspecified atom stereocenters. The highest BCUT2D eigenvalue weighted by molar-refractivity contribution is 4.96. The molecule has 0 fully saturated rings. The molecule has 0 bridgehead atoms. The molecule has 1 rings (SSSR count). The number of hydrogen-bond donors (Lipinski definition) is 0. The smallest absolute Gasteiger partial charge is 0.351 e. The summed E-state index contributed by atoms with van der Waals surface area (Å²) < 4.78 is 69.9. The van der Waals surface area contributed by atoms with Crippen molar-refractivity contribution in [2.75, 3.05) is 0 Å². The molecule has 0 radical (unpaired) electrons. The normalized spacial score (nSPS) is 13.4. The molecule has 1 aromatic heterocycles. The van der Waals surface area contributed by atoms with Gasteiger partial charge in [-0.2, -0.15) is 26.3 Å². The molecule has 0 N–H and O–H groups in total. The van der Waals surface area contributed by atoms with Gasteiger partial charge in [-0.05, 0) is 0 Å². The number of halogens is 6. The first kappa shape index (κ1) is 9.81. The van der Waals surface area contributed by atoms with Gasteiger partial charge in [-0.15, -0.1) is 0 Å². The van der Waals surface area contributed by atoms with Crippen LogP contribution in [-0.4, -0.2) is 10.2 Å². The lowest BCUT2D eigenvalue weighted by atomic mass is 10.6. The van der Waals surface area contributed by atoms with E-state index >= 15 is 0 Å². The lowest BCUT2D eigenvalue weighted by molar-refractivity contribution is -0.150. The van der Waals surface area contributed by atoms with E-state index in [4.69, 9.17) is 0 Å². The molecule has 0 aliphatic heterocycles. The highest BCUT2D eigenvalue weighted by atomic mass is 19.4. The molecule has 0 aliphatic carbocycles. The summed E-state index contributed by atoms with van der Waals surface area (Å²) in [5, 5.41) is 4.50. The molecular formula is C4F6N3-.